The molecule has 2 aromatic heterocycles. The van der Waals surface area contributed by atoms with Crippen LogP contribution in [0.4, 0.5) is 5.82 Å². The molecule has 1 aromatic carbocycles. The summed E-state index contributed by atoms with van der Waals surface area (Å²) in [5, 5.41) is 20.3. The number of para-hydroxylation sites is 1. The molecule has 1 N–H and O–H groups in total. The summed E-state index contributed by atoms with van der Waals surface area (Å²) in [4.78, 5) is 12.5. The molecule has 0 aliphatic heterocycles. The average molecular weight is 306 g/mol. The molecule has 2 heterocycles. The van der Waals surface area contributed by atoms with Gasteiger partial charge in [0.05, 0.1) is 17.6 Å². The fraction of sp³-hybridized carbons (Fsp3) is 0.125. The van der Waals surface area contributed by atoms with Crippen LogP contribution in [0, 0.1) is 18.3 Å². The van der Waals surface area contributed by atoms with Crippen molar-refractivity contribution in [3.63, 3.8) is 0 Å². The lowest BCUT2D eigenvalue weighted by molar-refractivity contribution is 0.101. The van der Waals surface area contributed by atoms with E-state index in [4.69, 9.17) is 0 Å². The predicted molar refractivity (Wildman–Crippen MR) is 84.2 cm³/mol. The Labute approximate surface area is 132 Å². The van der Waals surface area contributed by atoms with E-state index in [1.54, 1.807) is 13.1 Å². The summed E-state index contributed by atoms with van der Waals surface area (Å²) in [5.74, 6) is -0.00941. The monoisotopic (exact) mass is 306 g/mol. The van der Waals surface area contributed by atoms with Crippen LogP contribution in [0.2, 0.25) is 0 Å². The first-order chi connectivity index (χ1) is 11.1. The van der Waals surface area contributed by atoms with Gasteiger partial charge < -0.3 is 5.32 Å². The Balaban J connectivity index is 2.00. The highest BCUT2D eigenvalue weighted by Crippen LogP contribution is 2.20. The van der Waals surface area contributed by atoms with Crippen LogP contribution in [-0.4, -0.2) is 25.5 Å². The number of nitriles is 1. The quantitative estimate of drug-likeness (QED) is 0.802. The maximum atomic E-state index is 12.5. The van der Waals surface area contributed by atoms with Crippen molar-refractivity contribution in [3.05, 3.63) is 59.5 Å². The molecule has 114 valence electrons. The molecule has 0 atom stereocenters. The molecule has 0 aliphatic carbocycles. The third-order valence-electron chi connectivity index (χ3n) is 3.36. The Hall–Kier alpha value is -3.40. The molecule has 0 unspecified atom stereocenters. The summed E-state index contributed by atoms with van der Waals surface area (Å²) in [6, 6.07) is 13.0. The molecule has 3 aromatic rings. The number of anilines is 1. The zero-order valence-corrected chi connectivity index (χ0v) is 12.7. The minimum Gasteiger partial charge on any atom is -0.304 e. The summed E-state index contributed by atoms with van der Waals surface area (Å²) >= 11 is 0. The molecule has 23 heavy (non-hydrogen) atoms. The van der Waals surface area contributed by atoms with Crippen molar-refractivity contribution in [2.75, 3.05) is 5.32 Å². The maximum absolute atomic E-state index is 12.5. The third kappa shape index (κ3) is 2.70. The Morgan fingerprint density at radius 1 is 1.30 bits per heavy atom. The number of amides is 1. The van der Waals surface area contributed by atoms with E-state index in [2.05, 4.69) is 15.5 Å². The first-order valence-corrected chi connectivity index (χ1v) is 6.95. The lowest BCUT2D eigenvalue weighted by atomic mass is 10.3. The number of nitrogens with zero attached hydrogens (tertiary/aromatic N) is 5. The van der Waals surface area contributed by atoms with Gasteiger partial charge in [-0.2, -0.15) is 15.5 Å². The van der Waals surface area contributed by atoms with Crippen molar-refractivity contribution < 1.29 is 4.79 Å². The van der Waals surface area contributed by atoms with Gasteiger partial charge in [-0.05, 0) is 25.1 Å². The molecular formula is C16H14N6O. The first kappa shape index (κ1) is 14.5. The third-order valence-corrected chi connectivity index (χ3v) is 3.36. The second-order valence-electron chi connectivity index (χ2n) is 5.01. The summed E-state index contributed by atoms with van der Waals surface area (Å²) < 4.78 is 3.03. The fourth-order valence-corrected chi connectivity index (χ4v) is 2.31. The molecule has 0 spiro atoms. The molecule has 7 heteroatoms. The highest BCUT2D eigenvalue weighted by atomic mass is 16.2. The zero-order chi connectivity index (χ0) is 16.4. The number of nitrogens with one attached hydrogen (secondary N) is 1. The molecule has 7 nitrogen and oxygen atoms in total. The SMILES string of the molecule is Cc1cc(C(=O)Nc2c(C#N)cnn2-c2ccccc2)n(C)n1. The number of aromatic nitrogens is 4. The molecule has 0 aliphatic rings. The molecule has 0 saturated heterocycles. The smallest absolute Gasteiger partial charge is 0.275 e. The molecule has 1 amide bonds. The van der Waals surface area contributed by atoms with Crippen molar-refractivity contribution in [3.8, 4) is 11.8 Å². The van der Waals surface area contributed by atoms with E-state index in [9.17, 15) is 10.1 Å². The molecular weight excluding hydrogens is 292 g/mol. The van der Waals surface area contributed by atoms with Crippen LogP contribution in [0.5, 0.6) is 0 Å². The van der Waals surface area contributed by atoms with Gasteiger partial charge >= 0.3 is 0 Å². The predicted octanol–water partition coefficient (Wildman–Crippen LogP) is 2.04. The largest absolute Gasteiger partial charge is 0.304 e. The lowest BCUT2D eigenvalue weighted by Gasteiger charge is -2.09. The lowest BCUT2D eigenvalue weighted by Crippen LogP contribution is -2.19. The van der Waals surface area contributed by atoms with E-state index in [-0.39, 0.29) is 5.91 Å². The second-order valence-corrected chi connectivity index (χ2v) is 5.01. The van der Waals surface area contributed by atoms with Gasteiger partial charge in [-0.15, -0.1) is 0 Å². The standard InChI is InChI=1S/C16H14N6O/c1-11-8-14(21(2)20-11)16(23)19-15-12(9-17)10-18-22(15)13-6-4-3-5-7-13/h3-8,10H,1-2H3,(H,19,23). The number of hydrogen-bond acceptors (Lipinski definition) is 4. The van der Waals surface area contributed by atoms with Crippen molar-refractivity contribution in [2.24, 2.45) is 7.05 Å². The van der Waals surface area contributed by atoms with Gasteiger partial charge in [0, 0.05) is 7.05 Å². The van der Waals surface area contributed by atoms with Gasteiger partial charge in [-0.1, -0.05) is 18.2 Å². The Bertz CT molecular complexity index is 901. The van der Waals surface area contributed by atoms with E-state index in [0.29, 0.717) is 17.1 Å². The van der Waals surface area contributed by atoms with Crippen molar-refractivity contribution in [1.29, 1.82) is 5.26 Å². The van der Waals surface area contributed by atoms with E-state index in [0.717, 1.165) is 11.4 Å². The maximum Gasteiger partial charge on any atom is 0.275 e. The Kier molecular flexibility index (Phi) is 3.65. The van der Waals surface area contributed by atoms with E-state index in [1.807, 2.05) is 43.3 Å². The van der Waals surface area contributed by atoms with Crippen LogP contribution in [0.1, 0.15) is 21.7 Å². The molecule has 0 fully saturated rings. The summed E-state index contributed by atoms with van der Waals surface area (Å²) in [6.07, 6.45) is 1.43. The van der Waals surface area contributed by atoms with Crippen molar-refractivity contribution >= 4 is 11.7 Å². The van der Waals surface area contributed by atoms with Crippen molar-refractivity contribution in [2.45, 2.75) is 6.92 Å². The topological polar surface area (TPSA) is 88.5 Å². The molecule has 0 radical (unpaired) electrons. The van der Waals surface area contributed by atoms with Crippen LogP contribution in [-0.2, 0) is 7.05 Å². The van der Waals surface area contributed by atoms with Gasteiger partial charge in [0.15, 0.2) is 5.82 Å². The second kappa shape index (κ2) is 5.77. The minimum atomic E-state index is -0.345. The van der Waals surface area contributed by atoms with E-state index >= 15 is 0 Å². The average Bonchev–Trinajstić information content (AvgIpc) is 3.10. The van der Waals surface area contributed by atoms with Gasteiger partial charge in [0.1, 0.15) is 17.3 Å². The number of benzene rings is 1. The number of rotatable bonds is 3. The highest BCUT2D eigenvalue weighted by molar-refractivity contribution is 6.03. The summed E-state index contributed by atoms with van der Waals surface area (Å²) in [6.45, 7) is 1.81. The first-order valence-electron chi connectivity index (χ1n) is 6.95. The molecule has 3 rings (SSSR count). The Morgan fingerprint density at radius 3 is 2.65 bits per heavy atom. The zero-order valence-electron chi connectivity index (χ0n) is 12.7. The van der Waals surface area contributed by atoms with Gasteiger partial charge in [-0.3, -0.25) is 9.48 Å². The van der Waals surface area contributed by atoms with Gasteiger partial charge in [-0.25, -0.2) is 4.68 Å². The Morgan fingerprint density at radius 2 is 2.04 bits per heavy atom. The normalized spacial score (nSPS) is 10.3. The van der Waals surface area contributed by atoms with Crippen LogP contribution < -0.4 is 5.32 Å². The summed E-state index contributed by atoms with van der Waals surface area (Å²) in [7, 11) is 1.70. The van der Waals surface area contributed by atoms with Crippen LogP contribution in [0.25, 0.3) is 5.69 Å². The van der Waals surface area contributed by atoms with Gasteiger partial charge in [0.25, 0.3) is 5.91 Å². The van der Waals surface area contributed by atoms with E-state index < -0.39 is 0 Å². The highest BCUT2D eigenvalue weighted by Gasteiger charge is 2.18. The van der Waals surface area contributed by atoms with Crippen LogP contribution >= 0.6 is 0 Å². The fourth-order valence-electron chi connectivity index (χ4n) is 2.31. The van der Waals surface area contributed by atoms with Crippen molar-refractivity contribution in [1.82, 2.24) is 19.6 Å². The van der Waals surface area contributed by atoms with E-state index in [1.165, 1.54) is 15.6 Å². The number of carbonyl (C=O) groups excluding carboxylic acids is 1. The molecule has 0 bridgehead atoms. The number of hydrogen-bond donors (Lipinski definition) is 1. The summed E-state index contributed by atoms with van der Waals surface area (Å²) in [5.41, 5.74) is 2.20. The van der Waals surface area contributed by atoms with Gasteiger partial charge in [0.2, 0.25) is 0 Å². The van der Waals surface area contributed by atoms with Crippen LogP contribution in [0.3, 0.4) is 0 Å². The van der Waals surface area contributed by atoms with Crippen LogP contribution in [0.15, 0.2) is 42.6 Å². The minimum absolute atomic E-state index is 0.293. The number of aryl methyl sites for hydroxylation is 2. The molecule has 0 saturated carbocycles. The number of carbonyl (C=O) groups is 1.